The second-order valence-corrected chi connectivity index (χ2v) is 4.35. The SMILES string of the molecule is CC1(C)C(=O)CCc2cc(F)ccc21. The van der Waals surface area contributed by atoms with Crippen LogP contribution in [0.3, 0.4) is 0 Å². The minimum Gasteiger partial charge on any atom is -0.299 e. The molecule has 1 aliphatic carbocycles. The van der Waals surface area contributed by atoms with Gasteiger partial charge >= 0.3 is 0 Å². The third-order valence-electron chi connectivity index (χ3n) is 3.06. The smallest absolute Gasteiger partial charge is 0.143 e. The average molecular weight is 192 g/mol. The standard InChI is InChI=1S/C12H13FO/c1-12(2)10-5-4-9(13)7-8(10)3-6-11(12)14/h4-5,7H,3,6H2,1-2H3. The van der Waals surface area contributed by atoms with Crippen LogP contribution in [0.25, 0.3) is 0 Å². The topological polar surface area (TPSA) is 17.1 Å². The van der Waals surface area contributed by atoms with E-state index in [0.717, 1.165) is 11.1 Å². The fraction of sp³-hybridized carbons (Fsp3) is 0.417. The quantitative estimate of drug-likeness (QED) is 0.617. The van der Waals surface area contributed by atoms with Gasteiger partial charge in [0.05, 0.1) is 0 Å². The average Bonchev–Trinajstić information content (AvgIpc) is 2.12. The van der Waals surface area contributed by atoms with Crippen molar-refractivity contribution in [2.24, 2.45) is 0 Å². The molecular weight excluding hydrogens is 179 g/mol. The molecule has 1 aromatic carbocycles. The van der Waals surface area contributed by atoms with Gasteiger partial charge in [-0.15, -0.1) is 0 Å². The molecule has 2 heteroatoms. The molecule has 0 aromatic heterocycles. The molecule has 0 radical (unpaired) electrons. The van der Waals surface area contributed by atoms with Crippen molar-refractivity contribution in [1.82, 2.24) is 0 Å². The monoisotopic (exact) mass is 192 g/mol. The van der Waals surface area contributed by atoms with Gasteiger partial charge in [-0.1, -0.05) is 6.07 Å². The van der Waals surface area contributed by atoms with Crippen molar-refractivity contribution in [1.29, 1.82) is 0 Å². The number of halogens is 1. The van der Waals surface area contributed by atoms with E-state index in [-0.39, 0.29) is 11.6 Å². The van der Waals surface area contributed by atoms with Crippen LogP contribution in [-0.4, -0.2) is 5.78 Å². The van der Waals surface area contributed by atoms with Crippen LogP contribution in [-0.2, 0) is 16.6 Å². The Morgan fingerprint density at radius 2 is 2.00 bits per heavy atom. The van der Waals surface area contributed by atoms with E-state index < -0.39 is 5.41 Å². The number of carbonyl (C=O) groups excluding carboxylic acids is 1. The second kappa shape index (κ2) is 2.91. The Bertz CT molecular complexity index is 393. The van der Waals surface area contributed by atoms with Crippen LogP contribution in [0, 0.1) is 5.82 Å². The molecule has 0 fully saturated rings. The van der Waals surface area contributed by atoms with Crippen molar-refractivity contribution in [2.75, 3.05) is 0 Å². The summed E-state index contributed by atoms with van der Waals surface area (Å²) in [5.41, 5.74) is 1.52. The van der Waals surface area contributed by atoms with Gasteiger partial charge in [0.1, 0.15) is 11.6 Å². The molecule has 0 N–H and O–H groups in total. The minimum atomic E-state index is -0.443. The molecule has 0 unspecified atom stereocenters. The third-order valence-corrected chi connectivity index (χ3v) is 3.06. The number of aryl methyl sites for hydroxylation is 1. The van der Waals surface area contributed by atoms with Gasteiger partial charge in [-0.3, -0.25) is 4.79 Å². The minimum absolute atomic E-state index is 0.214. The fourth-order valence-corrected chi connectivity index (χ4v) is 2.09. The van der Waals surface area contributed by atoms with Gasteiger partial charge in [0.15, 0.2) is 0 Å². The zero-order valence-corrected chi connectivity index (χ0v) is 8.43. The van der Waals surface area contributed by atoms with E-state index in [9.17, 15) is 9.18 Å². The van der Waals surface area contributed by atoms with Gasteiger partial charge in [0.25, 0.3) is 0 Å². The van der Waals surface area contributed by atoms with Crippen molar-refractivity contribution in [3.8, 4) is 0 Å². The van der Waals surface area contributed by atoms with E-state index in [1.807, 2.05) is 13.8 Å². The van der Waals surface area contributed by atoms with Gasteiger partial charge in [-0.2, -0.15) is 0 Å². The first kappa shape index (κ1) is 9.38. The zero-order chi connectivity index (χ0) is 10.3. The predicted molar refractivity (Wildman–Crippen MR) is 52.8 cm³/mol. The summed E-state index contributed by atoms with van der Waals surface area (Å²) in [6.07, 6.45) is 1.21. The molecule has 0 heterocycles. The Morgan fingerprint density at radius 1 is 1.29 bits per heavy atom. The Balaban J connectivity index is 2.59. The highest BCUT2D eigenvalue weighted by Gasteiger charge is 2.34. The molecular formula is C12H13FO. The van der Waals surface area contributed by atoms with Crippen LogP contribution in [0.5, 0.6) is 0 Å². The van der Waals surface area contributed by atoms with Crippen molar-refractivity contribution in [3.63, 3.8) is 0 Å². The molecule has 0 atom stereocenters. The highest BCUT2D eigenvalue weighted by Crippen LogP contribution is 2.34. The Morgan fingerprint density at radius 3 is 2.71 bits per heavy atom. The summed E-state index contributed by atoms with van der Waals surface area (Å²) < 4.78 is 13.0. The molecule has 0 saturated carbocycles. The number of rotatable bonds is 0. The van der Waals surface area contributed by atoms with E-state index in [1.54, 1.807) is 12.1 Å². The van der Waals surface area contributed by atoms with Crippen molar-refractivity contribution in [2.45, 2.75) is 32.1 Å². The molecule has 0 saturated heterocycles. The van der Waals surface area contributed by atoms with Crippen LogP contribution < -0.4 is 0 Å². The lowest BCUT2D eigenvalue weighted by Gasteiger charge is -2.30. The van der Waals surface area contributed by atoms with Crippen LogP contribution in [0.4, 0.5) is 4.39 Å². The van der Waals surface area contributed by atoms with E-state index in [1.165, 1.54) is 6.07 Å². The predicted octanol–water partition coefficient (Wildman–Crippen LogP) is 2.62. The van der Waals surface area contributed by atoms with Gasteiger partial charge < -0.3 is 0 Å². The summed E-state index contributed by atoms with van der Waals surface area (Å²) in [6.45, 7) is 3.82. The van der Waals surface area contributed by atoms with E-state index in [4.69, 9.17) is 0 Å². The first-order valence-corrected chi connectivity index (χ1v) is 4.84. The lowest BCUT2D eigenvalue weighted by atomic mass is 9.72. The summed E-state index contributed by atoms with van der Waals surface area (Å²) in [5, 5.41) is 0. The molecule has 0 aliphatic heterocycles. The molecule has 0 amide bonds. The number of carbonyl (C=O) groups is 1. The molecule has 1 aliphatic rings. The van der Waals surface area contributed by atoms with Gasteiger partial charge in [-0.05, 0) is 43.5 Å². The Kier molecular flexibility index (Phi) is 1.95. The summed E-state index contributed by atoms with van der Waals surface area (Å²) in [4.78, 5) is 11.7. The first-order chi connectivity index (χ1) is 6.51. The molecule has 14 heavy (non-hydrogen) atoms. The second-order valence-electron chi connectivity index (χ2n) is 4.35. The Labute approximate surface area is 82.9 Å². The summed E-state index contributed by atoms with van der Waals surface area (Å²) in [6, 6.07) is 4.71. The summed E-state index contributed by atoms with van der Waals surface area (Å²) in [7, 11) is 0. The highest BCUT2D eigenvalue weighted by molar-refractivity contribution is 5.91. The first-order valence-electron chi connectivity index (χ1n) is 4.84. The van der Waals surface area contributed by atoms with Crippen LogP contribution in [0.15, 0.2) is 18.2 Å². The zero-order valence-electron chi connectivity index (χ0n) is 8.43. The number of fused-ring (bicyclic) bond motifs is 1. The van der Waals surface area contributed by atoms with Crippen molar-refractivity contribution >= 4 is 5.78 Å². The van der Waals surface area contributed by atoms with Gasteiger partial charge in [0.2, 0.25) is 0 Å². The molecule has 74 valence electrons. The van der Waals surface area contributed by atoms with Crippen LogP contribution >= 0.6 is 0 Å². The maximum absolute atomic E-state index is 13.0. The molecule has 0 spiro atoms. The fourth-order valence-electron chi connectivity index (χ4n) is 2.09. The Hall–Kier alpha value is -1.18. The van der Waals surface area contributed by atoms with Crippen LogP contribution in [0.1, 0.15) is 31.4 Å². The summed E-state index contributed by atoms with van der Waals surface area (Å²) in [5.74, 6) is 0.0329. The molecule has 1 aromatic rings. The van der Waals surface area contributed by atoms with Gasteiger partial charge in [0, 0.05) is 11.8 Å². The maximum atomic E-state index is 13.0. The van der Waals surface area contributed by atoms with Gasteiger partial charge in [-0.25, -0.2) is 4.39 Å². The number of hydrogen-bond acceptors (Lipinski definition) is 1. The van der Waals surface area contributed by atoms with Crippen LogP contribution in [0.2, 0.25) is 0 Å². The largest absolute Gasteiger partial charge is 0.299 e. The third kappa shape index (κ3) is 1.26. The highest BCUT2D eigenvalue weighted by atomic mass is 19.1. The lowest BCUT2D eigenvalue weighted by molar-refractivity contribution is -0.124. The van der Waals surface area contributed by atoms with Crippen molar-refractivity contribution in [3.05, 3.63) is 35.1 Å². The number of Topliss-reactive ketones (excluding diaryl/α,β-unsaturated/α-hetero) is 1. The molecule has 2 rings (SSSR count). The van der Waals surface area contributed by atoms with E-state index >= 15 is 0 Å². The molecule has 0 bridgehead atoms. The number of benzene rings is 1. The van der Waals surface area contributed by atoms with E-state index in [0.29, 0.717) is 12.8 Å². The maximum Gasteiger partial charge on any atom is 0.143 e. The number of hydrogen-bond donors (Lipinski definition) is 0. The molecule has 1 nitrogen and oxygen atoms in total. The normalized spacial score (nSPS) is 19.2. The van der Waals surface area contributed by atoms with E-state index in [2.05, 4.69) is 0 Å². The van der Waals surface area contributed by atoms with Crippen molar-refractivity contribution < 1.29 is 9.18 Å². The lowest BCUT2D eigenvalue weighted by Crippen LogP contribution is -2.34. The number of ketones is 1. The summed E-state index contributed by atoms with van der Waals surface area (Å²) >= 11 is 0.